The van der Waals surface area contributed by atoms with E-state index in [9.17, 15) is 26.4 Å². The van der Waals surface area contributed by atoms with Gasteiger partial charge in [0.05, 0.1) is 17.5 Å². The van der Waals surface area contributed by atoms with Crippen LogP contribution < -0.4 is 5.32 Å². The predicted molar refractivity (Wildman–Crippen MR) is 171 cm³/mol. The first-order valence-corrected chi connectivity index (χ1v) is 18.8. The van der Waals surface area contributed by atoms with Crippen molar-refractivity contribution in [2.75, 3.05) is 51.3 Å². The van der Waals surface area contributed by atoms with E-state index >= 15 is 0 Å². The van der Waals surface area contributed by atoms with Crippen LogP contribution in [0.2, 0.25) is 0 Å². The molecule has 3 aliphatic rings. The van der Waals surface area contributed by atoms with Crippen molar-refractivity contribution in [3.8, 4) is 11.3 Å². The molecule has 0 bridgehead atoms. The van der Waals surface area contributed by atoms with Gasteiger partial charge in [-0.2, -0.15) is 22.6 Å². The van der Waals surface area contributed by atoms with E-state index in [4.69, 9.17) is 5.10 Å². The van der Waals surface area contributed by atoms with E-state index in [0.717, 1.165) is 80.9 Å². The Hall–Kier alpha value is -2.13. The van der Waals surface area contributed by atoms with Crippen LogP contribution in [-0.2, 0) is 40.5 Å². The Morgan fingerprint density at radius 3 is 2.49 bits per heavy atom. The summed E-state index contributed by atoms with van der Waals surface area (Å²) >= 11 is 1.16. The molecule has 250 valence electrons. The lowest BCUT2D eigenvalue weighted by Gasteiger charge is -2.36. The maximum absolute atomic E-state index is 13.9. The van der Waals surface area contributed by atoms with Gasteiger partial charge in [-0.3, -0.25) is 9.48 Å². The number of benzene rings is 1. The van der Waals surface area contributed by atoms with E-state index in [1.165, 1.54) is 16.6 Å². The number of fused-ring (bicyclic) bond motifs is 1. The van der Waals surface area contributed by atoms with Gasteiger partial charge in [0.25, 0.3) is 0 Å². The van der Waals surface area contributed by atoms with Crippen LogP contribution in [0.5, 0.6) is 0 Å². The number of carbonyl (C=O) groups is 1. The number of sulfonamides is 1. The number of aromatic nitrogens is 2. The zero-order chi connectivity index (χ0) is 32.4. The SMILES string of the molecule is CC(C)NCCSc1cc(-c2nn(CCCN3CCC(N4CCCC4=O)CC3)c3c2CN(S(C)(=O)=O)CC3)ccc1C(F)(F)F. The van der Waals surface area contributed by atoms with E-state index in [1.54, 1.807) is 6.07 Å². The number of hydrogen-bond acceptors (Lipinski definition) is 7. The van der Waals surface area contributed by atoms with Crippen LogP contribution in [0, 0.1) is 0 Å². The number of carbonyl (C=O) groups excluding carboxylic acids is 1. The molecule has 0 atom stereocenters. The fraction of sp³-hybridized carbons (Fsp3) is 0.677. The molecular weight excluding hydrogens is 626 g/mol. The summed E-state index contributed by atoms with van der Waals surface area (Å²) in [6.07, 6.45) is 1.62. The number of alkyl halides is 3. The minimum atomic E-state index is -4.49. The number of nitrogens with zero attached hydrogens (tertiary/aromatic N) is 5. The number of aryl methyl sites for hydroxylation is 1. The van der Waals surface area contributed by atoms with Crippen molar-refractivity contribution in [2.45, 2.75) is 88.6 Å². The third-order valence-corrected chi connectivity index (χ3v) is 11.3. The van der Waals surface area contributed by atoms with Crippen molar-refractivity contribution in [2.24, 2.45) is 0 Å². The number of halogens is 3. The van der Waals surface area contributed by atoms with Crippen LogP contribution in [0.1, 0.15) is 62.8 Å². The molecule has 0 radical (unpaired) electrons. The molecule has 5 rings (SSSR count). The average molecular weight is 671 g/mol. The predicted octanol–water partition coefficient (Wildman–Crippen LogP) is 4.45. The van der Waals surface area contributed by atoms with Gasteiger partial charge in [-0.1, -0.05) is 19.9 Å². The molecule has 1 aromatic heterocycles. The summed E-state index contributed by atoms with van der Waals surface area (Å²) in [5.74, 6) is 0.758. The Morgan fingerprint density at radius 2 is 1.84 bits per heavy atom. The van der Waals surface area contributed by atoms with Crippen LogP contribution in [-0.4, -0.2) is 102 Å². The maximum Gasteiger partial charge on any atom is 0.417 e. The minimum absolute atomic E-state index is 0.142. The Kier molecular flexibility index (Phi) is 10.9. The van der Waals surface area contributed by atoms with Crippen molar-refractivity contribution in [3.05, 3.63) is 35.0 Å². The average Bonchev–Trinajstić information content (AvgIpc) is 3.57. The molecule has 45 heavy (non-hydrogen) atoms. The lowest BCUT2D eigenvalue weighted by atomic mass is 10.0. The molecule has 14 heteroatoms. The van der Waals surface area contributed by atoms with E-state index in [1.807, 2.05) is 18.5 Å². The van der Waals surface area contributed by atoms with Crippen LogP contribution in [0.15, 0.2) is 23.1 Å². The summed E-state index contributed by atoms with van der Waals surface area (Å²) in [4.78, 5) is 16.8. The molecule has 0 spiro atoms. The highest BCUT2D eigenvalue weighted by Gasteiger charge is 2.35. The molecule has 1 aromatic carbocycles. The topological polar surface area (TPSA) is 90.8 Å². The molecule has 0 unspecified atom stereocenters. The van der Waals surface area contributed by atoms with E-state index in [2.05, 4.69) is 15.1 Å². The molecular formula is C31H45F3N6O3S2. The number of rotatable bonds is 12. The Labute approximate surface area is 268 Å². The van der Waals surface area contributed by atoms with Crippen molar-refractivity contribution in [1.29, 1.82) is 0 Å². The van der Waals surface area contributed by atoms with E-state index in [-0.39, 0.29) is 23.4 Å². The van der Waals surface area contributed by atoms with E-state index in [0.29, 0.717) is 55.5 Å². The molecule has 4 heterocycles. The van der Waals surface area contributed by atoms with Crippen LogP contribution in [0.25, 0.3) is 11.3 Å². The zero-order valence-corrected chi connectivity index (χ0v) is 28.0. The second-order valence-electron chi connectivity index (χ2n) is 12.6. The monoisotopic (exact) mass is 670 g/mol. The molecule has 0 saturated carbocycles. The summed E-state index contributed by atoms with van der Waals surface area (Å²) in [7, 11) is -3.46. The minimum Gasteiger partial charge on any atom is -0.340 e. The molecule has 2 fully saturated rings. The van der Waals surface area contributed by atoms with Crippen LogP contribution in [0.4, 0.5) is 13.2 Å². The summed E-state index contributed by atoms with van der Waals surface area (Å²) in [6, 6.07) is 4.72. The van der Waals surface area contributed by atoms with Crippen molar-refractivity contribution in [1.82, 2.24) is 29.2 Å². The molecule has 3 aliphatic heterocycles. The van der Waals surface area contributed by atoms with Crippen LogP contribution >= 0.6 is 11.8 Å². The molecule has 1 amide bonds. The van der Waals surface area contributed by atoms with Gasteiger partial charge in [0.15, 0.2) is 0 Å². The highest BCUT2D eigenvalue weighted by molar-refractivity contribution is 7.99. The van der Waals surface area contributed by atoms with Gasteiger partial charge in [0.1, 0.15) is 0 Å². The summed E-state index contributed by atoms with van der Waals surface area (Å²) in [5.41, 5.74) is 2.15. The fourth-order valence-corrected chi connectivity index (χ4v) is 8.43. The third kappa shape index (κ3) is 8.43. The molecule has 9 nitrogen and oxygen atoms in total. The molecule has 0 aliphatic carbocycles. The third-order valence-electron chi connectivity index (χ3n) is 8.99. The van der Waals surface area contributed by atoms with Crippen LogP contribution in [0.3, 0.4) is 0 Å². The first kappa shape index (κ1) is 34.2. The number of piperidine rings is 1. The van der Waals surface area contributed by atoms with Crippen molar-refractivity contribution in [3.63, 3.8) is 0 Å². The summed E-state index contributed by atoms with van der Waals surface area (Å²) in [5, 5.41) is 8.16. The van der Waals surface area contributed by atoms with Gasteiger partial charge in [-0.15, -0.1) is 11.8 Å². The Morgan fingerprint density at radius 1 is 1.09 bits per heavy atom. The van der Waals surface area contributed by atoms with Gasteiger partial charge in [-0.05, 0) is 44.4 Å². The number of thioether (sulfide) groups is 1. The summed E-state index contributed by atoms with van der Waals surface area (Å²) < 4.78 is 70.1. The normalized spacial score (nSPS) is 19.2. The van der Waals surface area contributed by atoms with Gasteiger partial charge < -0.3 is 15.1 Å². The van der Waals surface area contributed by atoms with Gasteiger partial charge in [-0.25, -0.2) is 8.42 Å². The lowest BCUT2D eigenvalue weighted by molar-refractivity contribution is -0.139. The number of hydrogen-bond donors (Lipinski definition) is 1. The van der Waals surface area contributed by atoms with Gasteiger partial charge in [0.2, 0.25) is 15.9 Å². The second-order valence-corrected chi connectivity index (χ2v) is 15.7. The molecule has 2 saturated heterocycles. The van der Waals surface area contributed by atoms with E-state index < -0.39 is 21.8 Å². The Bertz CT molecular complexity index is 1460. The van der Waals surface area contributed by atoms with Crippen molar-refractivity contribution < 1.29 is 26.4 Å². The van der Waals surface area contributed by atoms with Crippen molar-refractivity contribution >= 4 is 27.7 Å². The maximum atomic E-state index is 13.9. The first-order chi connectivity index (χ1) is 21.3. The number of likely N-dealkylation sites (tertiary alicyclic amines) is 2. The highest BCUT2D eigenvalue weighted by Crippen LogP contribution is 2.40. The second kappa shape index (κ2) is 14.3. The van der Waals surface area contributed by atoms with Gasteiger partial charge in [0, 0.05) is 98.2 Å². The smallest absolute Gasteiger partial charge is 0.340 e. The quantitative estimate of drug-likeness (QED) is 0.264. The number of amides is 1. The zero-order valence-electron chi connectivity index (χ0n) is 26.4. The standard InChI is InChI=1S/C31H45F3N6O3S2/c1-22(2)35-12-19-44-28-20-23(7-8-26(28)31(32,33)34)30-25-21-38(45(3,42)43)18-11-27(25)40(36-30)15-5-13-37-16-9-24(10-17-37)39-14-4-6-29(39)41/h7-8,20,22,24,35H,4-6,9-19,21H2,1-3H3. The number of nitrogens with one attached hydrogen (secondary N) is 1. The Balaban J connectivity index is 1.33. The lowest BCUT2D eigenvalue weighted by Crippen LogP contribution is -2.45. The highest BCUT2D eigenvalue weighted by atomic mass is 32.2. The first-order valence-electron chi connectivity index (χ1n) is 15.9. The molecule has 2 aromatic rings. The fourth-order valence-electron chi connectivity index (χ4n) is 6.65. The largest absolute Gasteiger partial charge is 0.417 e. The molecule has 1 N–H and O–H groups in total. The summed E-state index contributed by atoms with van der Waals surface area (Å²) in [6.45, 7) is 9.33. The van der Waals surface area contributed by atoms with Gasteiger partial charge >= 0.3 is 6.18 Å².